The number of hydrogen-bond donors (Lipinski definition) is 1. The molecule has 3 nitrogen and oxygen atoms in total. The van der Waals surface area contributed by atoms with Crippen LogP contribution in [-0.2, 0) is 15.1 Å². The predicted octanol–water partition coefficient (Wildman–Crippen LogP) is 4.21. The van der Waals surface area contributed by atoms with Gasteiger partial charge in [-0.25, -0.2) is 0 Å². The molecule has 1 aromatic rings. The molecule has 1 aliphatic rings. The second-order valence-electron chi connectivity index (χ2n) is 5.98. The molecule has 0 saturated heterocycles. The standard InChI is InChI=1S/C17H22O3.C2H6/c1-11(2)10-14-15(20-12(3)4)16(18)17(14,19)13-8-6-5-7-9-13;1-2/h5-9,11-12,19H,10H2,1-4H3;1-2H3. The van der Waals surface area contributed by atoms with Crippen LogP contribution in [0.2, 0.25) is 0 Å². The van der Waals surface area contributed by atoms with Crippen LogP contribution in [0.15, 0.2) is 41.7 Å². The summed E-state index contributed by atoms with van der Waals surface area (Å²) in [4.78, 5) is 12.4. The van der Waals surface area contributed by atoms with Gasteiger partial charge < -0.3 is 9.84 Å². The average molecular weight is 304 g/mol. The van der Waals surface area contributed by atoms with Gasteiger partial charge in [-0.1, -0.05) is 58.0 Å². The Hall–Kier alpha value is -1.61. The molecule has 0 aliphatic heterocycles. The van der Waals surface area contributed by atoms with E-state index in [1.54, 1.807) is 12.1 Å². The van der Waals surface area contributed by atoms with Crippen molar-refractivity contribution in [3.05, 3.63) is 47.2 Å². The lowest BCUT2D eigenvalue weighted by atomic mass is 9.69. The molecule has 0 spiro atoms. The Balaban J connectivity index is 0.00000116. The quantitative estimate of drug-likeness (QED) is 0.886. The fourth-order valence-corrected chi connectivity index (χ4v) is 2.53. The number of carbonyl (C=O) groups is 1. The average Bonchev–Trinajstić information content (AvgIpc) is 2.52. The number of benzene rings is 1. The van der Waals surface area contributed by atoms with Gasteiger partial charge in [-0.05, 0) is 31.7 Å². The molecule has 0 radical (unpaired) electrons. The monoisotopic (exact) mass is 304 g/mol. The van der Waals surface area contributed by atoms with Crippen LogP contribution in [0, 0.1) is 5.92 Å². The van der Waals surface area contributed by atoms with E-state index in [0.717, 1.165) is 0 Å². The first kappa shape index (κ1) is 18.4. The normalized spacial score (nSPS) is 20.7. The highest BCUT2D eigenvalue weighted by atomic mass is 16.5. The van der Waals surface area contributed by atoms with Crippen molar-refractivity contribution in [1.29, 1.82) is 0 Å². The number of hydrogen-bond acceptors (Lipinski definition) is 3. The Kier molecular flexibility index (Phi) is 6.36. The van der Waals surface area contributed by atoms with Crippen molar-refractivity contribution in [2.75, 3.05) is 0 Å². The number of carbonyl (C=O) groups excluding carboxylic acids is 1. The van der Waals surface area contributed by atoms with Crippen molar-refractivity contribution in [2.24, 2.45) is 5.92 Å². The Morgan fingerprint density at radius 2 is 1.64 bits per heavy atom. The van der Waals surface area contributed by atoms with Crippen LogP contribution < -0.4 is 0 Å². The summed E-state index contributed by atoms with van der Waals surface area (Å²) in [5.74, 6) is 0.368. The first-order chi connectivity index (χ1) is 10.4. The van der Waals surface area contributed by atoms with Crippen LogP contribution in [0.5, 0.6) is 0 Å². The van der Waals surface area contributed by atoms with Gasteiger partial charge >= 0.3 is 0 Å². The summed E-state index contributed by atoms with van der Waals surface area (Å²) in [6.45, 7) is 11.9. The van der Waals surface area contributed by atoms with Crippen molar-refractivity contribution >= 4 is 5.78 Å². The highest BCUT2D eigenvalue weighted by Gasteiger charge is 2.55. The molecule has 0 fully saturated rings. The molecule has 1 unspecified atom stereocenters. The third-order valence-electron chi connectivity index (χ3n) is 3.40. The summed E-state index contributed by atoms with van der Waals surface area (Å²) in [5, 5.41) is 10.9. The number of ether oxygens (including phenoxy) is 1. The Bertz CT molecular complexity index is 529. The van der Waals surface area contributed by atoms with Crippen LogP contribution >= 0.6 is 0 Å². The van der Waals surface area contributed by atoms with Crippen LogP contribution in [0.1, 0.15) is 53.5 Å². The molecule has 122 valence electrons. The summed E-state index contributed by atoms with van der Waals surface area (Å²) >= 11 is 0. The van der Waals surface area contributed by atoms with Gasteiger partial charge in [0.25, 0.3) is 0 Å². The topological polar surface area (TPSA) is 46.5 Å². The molecular formula is C19H28O3. The maximum atomic E-state index is 12.4. The third kappa shape index (κ3) is 3.41. The van der Waals surface area contributed by atoms with Crippen LogP contribution in [0.3, 0.4) is 0 Å². The molecule has 2 rings (SSSR count). The number of aliphatic hydroxyl groups is 1. The van der Waals surface area contributed by atoms with Gasteiger partial charge in [0.1, 0.15) is 0 Å². The fraction of sp³-hybridized carbons (Fsp3) is 0.526. The first-order valence-corrected chi connectivity index (χ1v) is 8.10. The van der Waals surface area contributed by atoms with Crippen molar-refractivity contribution in [3.8, 4) is 0 Å². The summed E-state index contributed by atoms with van der Waals surface area (Å²) in [6.07, 6.45) is 0.579. The van der Waals surface area contributed by atoms with Crippen LogP contribution in [-0.4, -0.2) is 17.0 Å². The van der Waals surface area contributed by atoms with Gasteiger partial charge in [-0.2, -0.15) is 0 Å². The maximum Gasteiger partial charge on any atom is 0.237 e. The van der Waals surface area contributed by atoms with E-state index in [0.29, 0.717) is 29.2 Å². The van der Waals surface area contributed by atoms with Crippen molar-refractivity contribution in [2.45, 2.75) is 59.7 Å². The Labute approximate surface area is 134 Å². The lowest BCUT2D eigenvalue weighted by molar-refractivity contribution is -0.142. The molecule has 3 heteroatoms. The summed E-state index contributed by atoms with van der Waals surface area (Å²) in [6, 6.07) is 9.09. The molecule has 1 N–H and O–H groups in total. The van der Waals surface area contributed by atoms with Gasteiger partial charge in [-0.3, -0.25) is 4.79 Å². The van der Waals surface area contributed by atoms with E-state index >= 15 is 0 Å². The third-order valence-corrected chi connectivity index (χ3v) is 3.40. The fourth-order valence-electron chi connectivity index (χ4n) is 2.53. The molecule has 22 heavy (non-hydrogen) atoms. The van der Waals surface area contributed by atoms with E-state index in [4.69, 9.17) is 4.74 Å². The Morgan fingerprint density at radius 1 is 1.09 bits per heavy atom. The Morgan fingerprint density at radius 3 is 2.09 bits per heavy atom. The highest BCUT2D eigenvalue weighted by Crippen LogP contribution is 2.46. The van der Waals surface area contributed by atoms with Crippen molar-refractivity contribution in [3.63, 3.8) is 0 Å². The molecule has 1 aromatic carbocycles. The van der Waals surface area contributed by atoms with Gasteiger partial charge in [0, 0.05) is 5.57 Å². The van der Waals surface area contributed by atoms with Gasteiger partial charge in [0.15, 0.2) is 11.4 Å². The molecule has 0 aromatic heterocycles. The zero-order valence-corrected chi connectivity index (χ0v) is 14.5. The van der Waals surface area contributed by atoms with E-state index in [1.165, 1.54) is 0 Å². The van der Waals surface area contributed by atoms with E-state index in [9.17, 15) is 9.90 Å². The van der Waals surface area contributed by atoms with Crippen molar-refractivity contribution in [1.82, 2.24) is 0 Å². The second-order valence-corrected chi connectivity index (χ2v) is 5.98. The van der Waals surface area contributed by atoms with Crippen molar-refractivity contribution < 1.29 is 14.6 Å². The van der Waals surface area contributed by atoms with Gasteiger partial charge in [0.2, 0.25) is 5.78 Å². The smallest absolute Gasteiger partial charge is 0.237 e. The summed E-state index contributed by atoms with van der Waals surface area (Å²) < 4.78 is 5.60. The van der Waals surface area contributed by atoms with E-state index in [-0.39, 0.29) is 11.9 Å². The number of rotatable bonds is 5. The summed E-state index contributed by atoms with van der Waals surface area (Å²) in [7, 11) is 0. The summed E-state index contributed by atoms with van der Waals surface area (Å²) in [5.41, 5.74) is -0.176. The molecule has 0 heterocycles. The lowest BCUT2D eigenvalue weighted by Crippen LogP contribution is -2.49. The minimum atomic E-state index is -1.50. The van der Waals surface area contributed by atoms with E-state index in [2.05, 4.69) is 13.8 Å². The first-order valence-electron chi connectivity index (χ1n) is 8.10. The van der Waals surface area contributed by atoms with Crippen LogP contribution in [0.4, 0.5) is 0 Å². The highest BCUT2D eigenvalue weighted by molar-refractivity contribution is 6.11. The number of Topliss-reactive ketones (excluding diaryl/α,β-unsaturated/α-hetero) is 1. The van der Waals surface area contributed by atoms with Gasteiger partial charge in [-0.15, -0.1) is 0 Å². The van der Waals surface area contributed by atoms with E-state index < -0.39 is 5.60 Å². The SMILES string of the molecule is CC.CC(C)CC1=C(OC(C)C)C(=O)C1(O)c1ccccc1. The minimum absolute atomic E-state index is 0.0727. The van der Waals surface area contributed by atoms with Gasteiger partial charge in [0.05, 0.1) is 6.10 Å². The zero-order valence-electron chi connectivity index (χ0n) is 14.5. The van der Waals surface area contributed by atoms with Crippen LogP contribution in [0.25, 0.3) is 0 Å². The predicted molar refractivity (Wildman–Crippen MR) is 89.4 cm³/mol. The zero-order chi connectivity index (χ0) is 16.9. The maximum absolute atomic E-state index is 12.4. The molecule has 0 amide bonds. The largest absolute Gasteiger partial charge is 0.487 e. The molecule has 1 aliphatic carbocycles. The lowest BCUT2D eigenvalue weighted by Gasteiger charge is -2.41. The molecule has 0 bridgehead atoms. The number of ketones is 1. The second kappa shape index (κ2) is 7.59. The molecule has 1 atom stereocenters. The van der Waals surface area contributed by atoms with E-state index in [1.807, 2.05) is 45.9 Å². The minimum Gasteiger partial charge on any atom is -0.487 e. The molecule has 0 saturated carbocycles. The molecular weight excluding hydrogens is 276 g/mol.